The molecule has 1 saturated heterocycles. The smallest absolute Gasteiger partial charge is 0.238 e. The lowest BCUT2D eigenvalue weighted by Crippen LogP contribution is -2.30. The highest BCUT2D eigenvalue weighted by Crippen LogP contribution is 2.32. The Hall–Kier alpha value is -1.35. The Bertz CT molecular complexity index is 457. The standard InChI is InChI=1S/C18H26N2O/c21-18(14-20-12-4-5-13-20)19-17-10-8-16(9-11-17)15-6-2-1-3-7-15/h8-11,15H,1-7,12-14H2,(H,19,21). The number of nitrogens with zero attached hydrogens (tertiary/aromatic N) is 1. The van der Waals surface area contributed by atoms with Crippen molar-refractivity contribution in [1.82, 2.24) is 4.90 Å². The van der Waals surface area contributed by atoms with Crippen LogP contribution in [0.15, 0.2) is 24.3 Å². The minimum Gasteiger partial charge on any atom is -0.325 e. The second-order valence-corrected chi connectivity index (χ2v) is 6.49. The fourth-order valence-electron chi connectivity index (χ4n) is 3.62. The van der Waals surface area contributed by atoms with E-state index in [4.69, 9.17) is 0 Å². The zero-order valence-corrected chi connectivity index (χ0v) is 12.8. The molecule has 0 unspecified atom stereocenters. The summed E-state index contributed by atoms with van der Waals surface area (Å²) in [6.07, 6.45) is 9.20. The zero-order chi connectivity index (χ0) is 14.5. The van der Waals surface area contributed by atoms with E-state index in [-0.39, 0.29) is 5.91 Å². The van der Waals surface area contributed by atoms with Gasteiger partial charge in [0.05, 0.1) is 6.54 Å². The molecule has 21 heavy (non-hydrogen) atoms. The van der Waals surface area contributed by atoms with Crippen LogP contribution < -0.4 is 5.32 Å². The van der Waals surface area contributed by atoms with Crippen LogP contribution in [0.5, 0.6) is 0 Å². The second-order valence-electron chi connectivity index (χ2n) is 6.49. The van der Waals surface area contributed by atoms with Crippen LogP contribution in [-0.2, 0) is 4.79 Å². The summed E-state index contributed by atoms with van der Waals surface area (Å²) in [5.41, 5.74) is 2.37. The van der Waals surface area contributed by atoms with Gasteiger partial charge >= 0.3 is 0 Å². The van der Waals surface area contributed by atoms with Gasteiger partial charge in [0, 0.05) is 5.69 Å². The molecule has 1 heterocycles. The van der Waals surface area contributed by atoms with Crippen molar-refractivity contribution in [2.24, 2.45) is 0 Å². The molecule has 0 spiro atoms. The highest BCUT2D eigenvalue weighted by atomic mass is 16.2. The topological polar surface area (TPSA) is 32.3 Å². The maximum Gasteiger partial charge on any atom is 0.238 e. The summed E-state index contributed by atoms with van der Waals surface area (Å²) in [7, 11) is 0. The molecule has 1 aromatic carbocycles. The molecule has 1 aliphatic carbocycles. The number of amides is 1. The van der Waals surface area contributed by atoms with Crippen LogP contribution in [0.4, 0.5) is 5.69 Å². The lowest BCUT2D eigenvalue weighted by Gasteiger charge is -2.22. The van der Waals surface area contributed by atoms with Gasteiger partial charge < -0.3 is 5.32 Å². The quantitative estimate of drug-likeness (QED) is 0.914. The average molecular weight is 286 g/mol. The predicted octanol–water partition coefficient (Wildman–Crippen LogP) is 3.77. The molecule has 2 fully saturated rings. The first-order valence-corrected chi connectivity index (χ1v) is 8.43. The third-order valence-electron chi connectivity index (χ3n) is 4.84. The van der Waals surface area contributed by atoms with Crippen LogP contribution in [0.1, 0.15) is 56.4 Å². The summed E-state index contributed by atoms with van der Waals surface area (Å²) in [5.74, 6) is 0.843. The Kier molecular flexibility index (Phi) is 4.91. The summed E-state index contributed by atoms with van der Waals surface area (Å²) in [6.45, 7) is 2.66. The van der Waals surface area contributed by atoms with Crippen molar-refractivity contribution < 1.29 is 4.79 Å². The largest absolute Gasteiger partial charge is 0.325 e. The van der Waals surface area contributed by atoms with E-state index in [2.05, 4.69) is 34.5 Å². The van der Waals surface area contributed by atoms with Crippen molar-refractivity contribution >= 4 is 11.6 Å². The van der Waals surface area contributed by atoms with Crippen molar-refractivity contribution in [1.29, 1.82) is 0 Å². The molecular weight excluding hydrogens is 260 g/mol. The van der Waals surface area contributed by atoms with Crippen molar-refractivity contribution in [2.45, 2.75) is 50.9 Å². The molecule has 1 saturated carbocycles. The van der Waals surface area contributed by atoms with Crippen molar-refractivity contribution in [3.05, 3.63) is 29.8 Å². The van der Waals surface area contributed by atoms with Gasteiger partial charge in [0.25, 0.3) is 0 Å². The van der Waals surface area contributed by atoms with Crippen LogP contribution in [-0.4, -0.2) is 30.4 Å². The third-order valence-corrected chi connectivity index (χ3v) is 4.84. The first-order chi connectivity index (χ1) is 10.3. The Morgan fingerprint density at radius 3 is 2.33 bits per heavy atom. The number of hydrogen-bond acceptors (Lipinski definition) is 2. The van der Waals surface area contributed by atoms with Gasteiger partial charge in [-0.2, -0.15) is 0 Å². The molecule has 0 bridgehead atoms. The molecule has 1 aliphatic heterocycles. The average Bonchev–Trinajstić information content (AvgIpc) is 3.02. The molecule has 0 radical (unpaired) electrons. The van der Waals surface area contributed by atoms with Gasteiger partial charge in [-0.3, -0.25) is 9.69 Å². The number of likely N-dealkylation sites (tertiary alicyclic amines) is 1. The Labute approximate surface area is 127 Å². The molecule has 3 heteroatoms. The molecule has 0 atom stereocenters. The third kappa shape index (κ3) is 4.07. The Balaban J connectivity index is 1.52. The molecule has 114 valence electrons. The van der Waals surface area contributed by atoms with Gasteiger partial charge in [-0.25, -0.2) is 0 Å². The molecule has 2 aliphatic rings. The van der Waals surface area contributed by atoms with Gasteiger partial charge in [0.2, 0.25) is 5.91 Å². The summed E-state index contributed by atoms with van der Waals surface area (Å²) in [6, 6.07) is 8.51. The minimum absolute atomic E-state index is 0.113. The van der Waals surface area contributed by atoms with E-state index >= 15 is 0 Å². The van der Waals surface area contributed by atoms with Crippen LogP contribution in [0.2, 0.25) is 0 Å². The van der Waals surface area contributed by atoms with E-state index < -0.39 is 0 Å². The van der Waals surface area contributed by atoms with Gasteiger partial charge in [0.15, 0.2) is 0 Å². The highest BCUT2D eigenvalue weighted by Gasteiger charge is 2.16. The summed E-state index contributed by atoms with van der Waals surface area (Å²) >= 11 is 0. The highest BCUT2D eigenvalue weighted by molar-refractivity contribution is 5.92. The lowest BCUT2D eigenvalue weighted by molar-refractivity contribution is -0.117. The second kappa shape index (κ2) is 7.08. The summed E-state index contributed by atoms with van der Waals surface area (Å²) in [4.78, 5) is 14.2. The SMILES string of the molecule is O=C(CN1CCCC1)Nc1ccc(C2CCCCC2)cc1. The van der Waals surface area contributed by atoms with Gasteiger partial charge in [-0.1, -0.05) is 31.4 Å². The van der Waals surface area contributed by atoms with Gasteiger partial charge in [-0.05, 0) is 62.4 Å². The maximum atomic E-state index is 12.0. The van der Waals surface area contributed by atoms with Crippen molar-refractivity contribution in [2.75, 3.05) is 25.0 Å². The number of carbonyl (C=O) groups excluding carboxylic acids is 1. The van der Waals surface area contributed by atoms with E-state index in [0.29, 0.717) is 6.54 Å². The fourth-order valence-corrected chi connectivity index (χ4v) is 3.62. The van der Waals surface area contributed by atoms with Crippen molar-refractivity contribution in [3.8, 4) is 0 Å². The molecule has 0 aromatic heterocycles. The number of nitrogens with one attached hydrogen (secondary N) is 1. The number of benzene rings is 1. The normalized spacial score (nSPS) is 20.6. The van der Waals surface area contributed by atoms with E-state index in [0.717, 1.165) is 24.7 Å². The maximum absolute atomic E-state index is 12.0. The first-order valence-electron chi connectivity index (χ1n) is 8.43. The van der Waals surface area contributed by atoms with Crippen LogP contribution in [0.3, 0.4) is 0 Å². The Morgan fingerprint density at radius 2 is 1.67 bits per heavy atom. The van der Waals surface area contributed by atoms with Crippen LogP contribution >= 0.6 is 0 Å². The fraction of sp³-hybridized carbons (Fsp3) is 0.611. The minimum atomic E-state index is 0.113. The lowest BCUT2D eigenvalue weighted by atomic mass is 9.84. The molecule has 1 aromatic rings. The summed E-state index contributed by atoms with van der Waals surface area (Å²) < 4.78 is 0. The molecular formula is C18H26N2O. The number of rotatable bonds is 4. The number of hydrogen-bond donors (Lipinski definition) is 1. The van der Waals surface area contributed by atoms with E-state index in [9.17, 15) is 4.79 Å². The van der Waals surface area contributed by atoms with E-state index in [1.54, 1.807) is 0 Å². The number of carbonyl (C=O) groups is 1. The van der Waals surface area contributed by atoms with Gasteiger partial charge in [0.1, 0.15) is 0 Å². The molecule has 3 rings (SSSR count). The monoisotopic (exact) mass is 286 g/mol. The zero-order valence-electron chi connectivity index (χ0n) is 12.8. The Morgan fingerprint density at radius 1 is 1.00 bits per heavy atom. The molecule has 1 amide bonds. The van der Waals surface area contributed by atoms with E-state index in [1.807, 2.05) is 0 Å². The summed E-state index contributed by atoms with van der Waals surface area (Å²) in [5, 5.41) is 3.02. The van der Waals surface area contributed by atoms with Crippen molar-refractivity contribution in [3.63, 3.8) is 0 Å². The predicted molar refractivity (Wildman–Crippen MR) is 86.6 cm³/mol. The van der Waals surface area contributed by atoms with E-state index in [1.165, 1.54) is 50.5 Å². The number of anilines is 1. The van der Waals surface area contributed by atoms with Gasteiger partial charge in [-0.15, -0.1) is 0 Å². The molecule has 1 N–H and O–H groups in total. The molecule has 3 nitrogen and oxygen atoms in total. The van der Waals surface area contributed by atoms with Crippen LogP contribution in [0.25, 0.3) is 0 Å². The first kappa shape index (κ1) is 14.6. The van der Waals surface area contributed by atoms with Crippen LogP contribution in [0, 0.1) is 0 Å².